The number of carbonyl (C=O) groups excluding carboxylic acids is 1. The summed E-state index contributed by atoms with van der Waals surface area (Å²) in [6.45, 7) is 8.71. The lowest BCUT2D eigenvalue weighted by Gasteiger charge is -2.39. The van der Waals surface area contributed by atoms with Gasteiger partial charge >= 0.3 is 0 Å². The Labute approximate surface area is 109 Å². The lowest BCUT2D eigenvalue weighted by molar-refractivity contribution is -0.137. The number of aromatic nitrogens is 2. The molecule has 0 spiro atoms. The van der Waals surface area contributed by atoms with Crippen LogP contribution in [-0.2, 0) is 11.3 Å². The van der Waals surface area contributed by atoms with Gasteiger partial charge < -0.3 is 9.47 Å². The lowest BCUT2D eigenvalue weighted by atomic mass is 9.97. The first kappa shape index (κ1) is 13.1. The van der Waals surface area contributed by atoms with Crippen LogP contribution in [0.5, 0.6) is 0 Å². The highest BCUT2D eigenvalue weighted by molar-refractivity contribution is 5.77. The molecule has 0 radical (unpaired) electrons. The maximum atomic E-state index is 12.4. The Kier molecular flexibility index (Phi) is 3.73. The van der Waals surface area contributed by atoms with E-state index in [1.165, 1.54) is 6.42 Å². The quantitative estimate of drug-likeness (QED) is 0.806. The number of amides is 1. The molecule has 1 aromatic rings. The van der Waals surface area contributed by atoms with E-state index in [9.17, 15) is 4.79 Å². The van der Waals surface area contributed by atoms with Gasteiger partial charge in [0, 0.05) is 17.8 Å². The fraction of sp³-hybridized carbons (Fsp3) is 0.714. The molecule has 0 saturated carbocycles. The molecule has 18 heavy (non-hydrogen) atoms. The SMILES string of the molecule is Cc1ncn(CC(=O)N2[C@H](C)CCC[C@@H]2C)c1C. The predicted molar refractivity (Wildman–Crippen MR) is 71.3 cm³/mol. The zero-order chi connectivity index (χ0) is 13.3. The monoisotopic (exact) mass is 249 g/mol. The zero-order valence-electron chi connectivity index (χ0n) is 11.8. The molecule has 0 unspecified atom stereocenters. The van der Waals surface area contributed by atoms with Gasteiger partial charge in [-0.1, -0.05) is 0 Å². The van der Waals surface area contributed by atoms with E-state index < -0.39 is 0 Å². The Morgan fingerprint density at radius 1 is 1.33 bits per heavy atom. The normalized spacial score (nSPS) is 24.3. The Balaban J connectivity index is 2.09. The molecule has 0 aliphatic carbocycles. The van der Waals surface area contributed by atoms with Gasteiger partial charge in [-0.25, -0.2) is 4.98 Å². The molecule has 1 aliphatic heterocycles. The molecule has 2 rings (SSSR count). The van der Waals surface area contributed by atoms with Gasteiger partial charge in [-0.05, 0) is 47.0 Å². The minimum Gasteiger partial charge on any atom is -0.336 e. The van der Waals surface area contributed by atoms with E-state index in [2.05, 4.69) is 23.7 Å². The summed E-state index contributed by atoms with van der Waals surface area (Å²) in [6, 6.07) is 0.734. The number of nitrogens with zero attached hydrogens (tertiary/aromatic N) is 3. The van der Waals surface area contributed by atoms with Crippen molar-refractivity contribution in [3.63, 3.8) is 0 Å². The van der Waals surface area contributed by atoms with E-state index in [4.69, 9.17) is 0 Å². The van der Waals surface area contributed by atoms with Crippen molar-refractivity contribution in [3.05, 3.63) is 17.7 Å². The topological polar surface area (TPSA) is 38.1 Å². The summed E-state index contributed by atoms with van der Waals surface area (Å²) < 4.78 is 1.95. The highest BCUT2D eigenvalue weighted by atomic mass is 16.2. The molecular weight excluding hydrogens is 226 g/mol. The van der Waals surface area contributed by atoms with Crippen molar-refractivity contribution in [2.75, 3.05) is 0 Å². The van der Waals surface area contributed by atoms with Crippen LogP contribution in [0.4, 0.5) is 0 Å². The van der Waals surface area contributed by atoms with Crippen molar-refractivity contribution in [1.82, 2.24) is 14.5 Å². The van der Waals surface area contributed by atoms with Crippen molar-refractivity contribution in [3.8, 4) is 0 Å². The third-order valence-electron chi connectivity index (χ3n) is 4.13. The fourth-order valence-electron chi connectivity index (χ4n) is 2.84. The first-order valence-corrected chi connectivity index (χ1v) is 6.80. The van der Waals surface area contributed by atoms with Gasteiger partial charge in [-0.15, -0.1) is 0 Å². The average molecular weight is 249 g/mol. The van der Waals surface area contributed by atoms with Gasteiger partial charge in [0.25, 0.3) is 0 Å². The predicted octanol–water partition coefficient (Wildman–Crippen LogP) is 2.29. The lowest BCUT2D eigenvalue weighted by Crippen LogP contribution is -2.48. The molecule has 0 aromatic carbocycles. The molecule has 4 nitrogen and oxygen atoms in total. The van der Waals surface area contributed by atoms with Gasteiger partial charge in [0.1, 0.15) is 6.54 Å². The van der Waals surface area contributed by atoms with Gasteiger partial charge in [0.2, 0.25) is 5.91 Å². The van der Waals surface area contributed by atoms with Crippen molar-refractivity contribution < 1.29 is 4.79 Å². The van der Waals surface area contributed by atoms with E-state index in [0.717, 1.165) is 24.2 Å². The molecule has 4 heteroatoms. The third-order valence-corrected chi connectivity index (χ3v) is 4.13. The van der Waals surface area contributed by atoms with Crippen LogP contribution in [0, 0.1) is 13.8 Å². The Hall–Kier alpha value is -1.32. The fourth-order valence-corrected chi connectivity index (χ4v) is 2.84. The van der Waals surface area contributed by atoms with Crippen LogP contribution in [0.2, 0.25) is 0 Å². The molecule has 0 bridgehead atoms. The molecule has 1 amide bonds. The number of aryl methyl sites for hydroxylation is 1. The van der Waals surface area contributed by atoms with Crippen LogP contribution in [0.1, 0.15) is 44.5 Å². The van der Waals surface area contributed by atoms with Gasteiger partial charge in [-0.3, -0.25) is 4.79 Å². The molecule has 2 heterocycles. The first-order chi connectivity index (χ1) is 8.50. The third kappa shape index (κ3) is 2.42. The summed E-state index contributed by atoms with van der Waals surface area (Å²) >= 11 is 0. The summed E-state index contributed by atoms with van der Waals surface area (Å²) in [4.78, 5) is 18.7. The van der Waals surface area contributed by atoms with E-state index in [-0.39, 0.29) is 5.91 Å². The second-order valence-corrected chi connectivity index (χ2v) is 5.47. The van der Waals surface area contributed by atoms with Gasteiger partial charge in [0.05, 0.1) is 12.0 Å². The molecule has 100 valence electrons. The van der Waals surface area contributed by atoms with Gasteiger partial charge in [0.15, 0.2) is 0 Å². The smallest absolute Gasteiger partial charge is 0.243 e. The van der Waals surface area contributed by atoms with Crippen LogP contribution in [-0.4, -0.2) is 32.4 Å². The minimum atomic E-state index is 0.218. The molecule has 1 aliphatic rings. The average Bonchev–Trinajstić information content (AvgIpc) is 2.61. The number of carbonyl (C=O) groups is 1. The molecule has 1 fully saturated rings. The Morgan fingerprint density at radius 2 is 1.94 bits per heavy atom. The number of imidazole rings is 1. The van der Waals surface area contributed by atoms with E-state index in [1.807, 2.05) is 18.4 Å². The standard InChI is InChI=1S/C14H23N3O/c1-10-6-5-7-11(2)17(10)14(18)8-16-9-15-12(3)13(16)4/h9-11H,5-8H2,1-4H3/t10-,11+. The highest BCUT2D eigenvalue weighted by Gasteiger charge is 2.28. The maximum Gasteiger partial charge on any atom is 0.243 e. The maximum absolute atomic E-state index is 12.4. The number of hydrogen-bond donors (Lipinski definition) is 0. The van der Waals surface area contributed by atoms with Crippen molar-refractivity contribution in [2.24, 2.45) is 0 Å². The molecule has 1 saturated heterocycles. The molecule has 0 N–H and O–H groups in total. The Bertz CT molecular complexity index is 428. The van der Waals surface area contributed by atoms with E-state index in [1.54, 1.807) is 6.33 Å². The number of hydrogen-bond acceptors (Lipinski definition) is 2. The zero-order valence-corrected chi connectivity index (χ0v) is 11.8. The molecular formula is C14H23N3O. The summed E-state index contributed by atoms with van der Waals surface area (Å²) in [6.07, 6.45) is 5.24. The summed E-state index contributed by atoms with van der Waals surface area (Å²) in [5.41, 5.74) is 2.09. The highest BCUT2D eigenvalue weighted by Crippen LogP contribution is 2.23. The summed E-state index contributed by atoms with van der Waals surface area (Å²) in [5, 5.41) is 0. The van der Waals surface area contributed by atoms with Crippen LogP contribution in [0.15, 0.2) is 6.33 Å². The van der Waals surface area contributed by atoms with Crippen LogP contribution >= 0.6 is 0 Å². The number of rotatable bonds is 2. The first-order valence-electron chi connectivity index (χ1n) is 6.80. The van der Waals surface area contributed by atoms with Crippen molar-refractivity contribution in [1.29, 1.82) is 0 Å². The molecule has 1 aromatic heterocycles. The summed E-state index contributed by atoms with van der Waals surface area (Å²) in [5.74, 6) is 0.218. The largest absolute Gasteiger partial charge is 0.336 e. The Morgan fingerprint density at radius 3 is 2.44 bits per heavy atom. The van der Waals surface area contributed by atoms with Crippen LogP contribution < -0.4 is 0 Å². The van der Waals surface area contributed by atoms with Crippen molar-refractivity contribution >= 4 is 5.91 Å². The summed E-state index contributed by atoms with van der Waals surface area (Å²) in [7, 11) is 0. The second kappa shape index (κ2) is 5.12. The van der Waals surface area contributed by atoms with Crippen LogP contribution in [0.25, 0.3) is 0 Å². The minimum absolute atomic E-state index is 0.218. The molecule has 2 atom stereocenters. The number of piperidine rings is 1. The van der Waals surface area contributed by atoms with Crippen molar-refractivity contribution in [2.45, 2.75) is 65.6 Å². The van der Waals surface area contributed by atoms with Crippen LogP contribution in [0.3, 0.4) is 0 Å². The second-order valence-electron chi connectivity index (χ2n) is 5.47. The number of likely N-dealkylation sites (tertiary alicyclic amines) is 1. The van der Waals surface area contributed by atoms with E-state index in [0.29, 0.717) is 18.6 Å². The van der Waals surface area contributed by atoms with Gasteiger partial charge in [-0.2, -0.15) is 0 Å². The van der Waals surface area contributed by atoms with E-state index >= 15 is 0 Å².